The van der Waals surface area contributed by atoms with Crippen LogP contribution in [0.1, 0.15) is 32.9 Å². The maximum atomic E-state index is 13.3. The third-order valence-corrected chi connectivity index (χ3v) is 2.97. The lowest BCUT2D eigenvalue weighted by molar-refractivity contribution is 0.112. The largest absolute Gasteiger partial charge is 0.298 e. The van der Waals surface area contributed by atoms with Crippen LogP contribution in [0.25, 0.3) is 0 Å². The highest BCUT2D eigenvalue weighted by Gasteiger charge is 2.11. The van der Waals surface area contributed by atoms with Crippen molar-refractivity contribution < 1.29 is 9.18 Å². The number of nitriles is 1. The van der Waals surface area contributed by atoms with Crippen LogP contribution in [0, 0.1) is 31.0 Å². The number of rotatable bonds is 3. The Hall–Kier alpha value is -2.48. The molecule has 0 fully saturated rings. The fraction of sp³-hybridized carbons (Fsp3) is 0.214. The molecule has 1 heterocycles. The molecule has 0 amide bonds. The Bertz CT molecular complexity index is 683. The Balaban J connectivity index is 2.39. The van der Waals surface area contributed by atoms with Crippen molar-refractivity contribution in [3.63, 3.8) is 0 Å². The summed E-state index contributed by atoms with van der Waals surface area (Å²) in [5.74, 6) is -0.453. The van der Waals surface area contributed by atoms with E-state index in [-0.39, 0.29) is 5.56 Å². The van der Waals surface area contributed by atoms with Crippen molar-refractivity contribution >= 4 is 6.29 Å². The average molecular weight is 257 g/mol. The minimum Gasteiger partial charge on any atom is -0.298 e. The molecule has 1 aromatic carbocycles. The molecule has 0 saturated carbocycles. The van der Waals surface area contributed by atoms with Crippen molar-refractivity contribution in [2.24, 2.45) is 0 Å². The zero-order valence-electron chi connectivity index (χ0n) is 10.6. The van der Waals surface area contributed by atoms with Crippen LogP contribution in [0.2, 0.25) is 0 Å². The van der Waals surface area contributed by atoms with Gasteiger partial charge in [0.1, 0.15) is 5.82 Å². The second-order valence-corrected chi connectivity index (χ2v) is 4.32. The smallest absolute Gasteiger partial charge is 0.153 e. The second-order valence-electron chi connectivity index (χ2n) is 4.32. The first-order valence-electron chi connectivity index (χ1n) is 5.74. The normalized spacial score (nSPS) is 10.2. The van der Waals surface area contributed by atoms with Gasteiger partial charge < -0.3 is 0 Å². The molecule has 4 nitrogen and oxygen atoms in total. The summed E-state index contributed by atoms with van der Waals surface area (Å²) in [7, 11) is 0. The molecule has 0 unspecified atom stereocenters. The number of hydrogen-bond acceptors (Lipinski definition) is 3. The molecule has 1 aromatic heterocycles. The molecule has 0 atom stereocenters. The maximum Gasteiger partial charge on any atom is 0.153 e. The van der Waals surface area contributed by atoms with Crippen LogP contribution in [0.15, 0.2) is 18.2 Å². The Labute approximate surface area is 110 Å². The standard InChI is InChI=1S/C14H12FN3O/c1-9-14(8-19)10(2)18(17-9)7-12-3-11(6-16)4-13(15)5-12/h3-5,8H,7H2,1-2H3. The highest BCUT2D eigenvalue weighted by molar-refractivity contribution is 5.78. The van der Waals surface area contributed by atoms with Crippen LogP contribution in [0.5, 0.6) is 0 Å². The molecule has 0 radical (unpaired) electrons. The van der Waals surface area contributed by atoms with E-state index < -0.39 is 5.82 Å². The van der Waals surface area contributed by atoms with Crippen LogP contribution < -0.4 is 0 Å². The molecule has 2 rings (SSSR count). The van der Waals surface area contributed by atoms with Crippen molar-refractivity contribution in [2.75, 3.05) is 0 Å². The summed E-state index contributed by atoms with van der Waals surface area (Å²) in [6.07, 6.45) is 0.764. The van der Waals surface area contributed by atoms with Gasteiger partial charge in [-0.15, -0.1) is 0 Å². The van der Waals surface area contributed by atoms with E-state index in [2.05, 4.69) is 5.10 Å². The number of aromatic nitrogens is 2. The van der Waals surface area contributed by atoms with Crippen LogP contribution in [0.4, 0.5) is 4.39 Å². The van der Waals surface area contributed by atoms with E-state index in [0.29, 0.717) is 23.4 Å². The predicted molar refractivity (Wildman–Crippen MR) is 67.3 cm³/mol. The lowest BCUT2D eigenvalue weighted by atomic mass is 10.1. The monoisotopic (exact) mass is 257 g/mol. The molecule has 2 aromatic rings. The fourth-order valence-corrected chi connectivity index (χ4v) is 2.01. The summed E-state index contributed by atoms with van der Waals surface area (Å²) < 4.78 is 15.0. The van der Waals surface area contributed by atoms with Crippen LogP contribution in [-0.2, 0) is 6.54 Å². The highest BCUT2D eigenvalue weighted by atomic mass is 19.1. The summed E-state index contributed by atoms with van der Waals surface area (Å²) in [6, 6.07) is 6.06. The second kappa shape index (κ2) is 5.02. The molecule has 19 heavy (non-hydrogen) atoms. The van der Waals surface area contributed by atoms with Crippen molar-refractivity contribution in [3.8, 4) is 6.07 Å². The van der Waals surface area contributed by atoms with E-state index in [1.807, 2.05) is 6.07 Å². The van der Waals surface area contributed by atoms with Gasteiger partial charge in [0, 0.05) is 5.69 Å². The summed E-state index contributed by atoms with van der Waals surface area (Å²) in [4.78, 5) is 10.9. The molecule has 0 bridgehead atoms. The van der Waals surface area contributed by atoms with Crippen LogP contribution in [0.3, 0.4) is 0 Å². The van der Waals surface area contributed by atoms with Gasteiger partial charge in [0.25, 0.3) is 0 Å². The van der Waals surface area contributed by atoms with Gasteiger partial charge in [0.05, 0.1) is 29.4 Å². The lowest BCUT2D eigenvalue weighted by Gasteiger charge is -2.05. The van der Waals surface area contributed by atoms with E-state index in [0.717, 1.165) is 12.0 Å². The minimum atomic E-state index is -0.453. The summed E-state index contributed by atoms with van der Waals surface area (Å²) >= 11 is 0. The van der Waals surface area contributed by atoms with Crippen molar-refractivity contribution in [2.45, 2.75) is 20.4 Å². The summed E-state index contributed by atoms with van der Waals surface area (Å²) in [5, 5.41) is 13.0. The number of halogens is 1. The van der Waals surface area contributed by atoms with Gasteiger partial charge in [0.2, 0.25) is 0 Å². The number of benzene rings is 1. The quantitative estimate of drug-likeness (QED) is 0.793. The third-order valence-electron chi connectivity index (χ3n) is 2.97. The number of nitrogens with zero attached hydrogens (tertiary/aromatic N) is 3. The predicted octanol–water partition coefficient (Wildman–Crippen LogP) is 2.37. The number of carbonyl (C=O) groups is 1. The van der Waals surface area contributed by atoms with Gasteiger partial charge in [-0.25, -0.2) is 4.39 Å². The van der Waals surface area contributed by atoms with Crippen LogP contribution >= 0.6 is 0 Å². The first-order chi connectivity index (χ1) is 9.05. The van der Waals surface area contributed by atoms with Gasteiger partial charge in [-0.05, 0) is 37.6 Å². The summed E-state index contributed by atoms with van der Waals surface area (Å²) in [5.41, 5.74) is 2.84. The third kappa shape index (κ3) is 2.52. The van der Waals surface area contributed by atoms with E-state index >= 15 is 0 Å². The molecule has 0 aliphatic heterocycles. The van der Waals surface area contributed by atoms with E-state index in [4.69, 9.17) is 5.26 Å². The Kier molecular flexibility index (Phi) is 3.43. The first-order valence-corrected chi connectivity index (χ1v) is 5.74. The van der Waals surface area contributed by atoms with E-state index in [1.54, 1.807) is 24.6 Å². The van der Waals surface area contributed by atoms with E-state index in [9.17, 15) is 9.18 Å². The molecule has 0 N–H and O–H groups in total. The number of carbonyl (C=O) groups excluding carboxylic acids is 1. The highest BCUT2D eigenvalue weighted by Crippen LogP contribution is 2.14. The molecule has 0 spiro atoms. The molecule has 5 heteroatoms. The average Bonchev–Trinajstić information content (AvgIpc) is 2.63. The molecular formula is C14H12FN3O. The molecule has 0 aliphatic rings. The molecular weight excluding hydrogens is 245 g/mol. The number of aldehydes is 1. The van der Waals surface area contributed by atoms with Crippen molar-refractivity contribution in [1.29, 1.82) is 5.26 Å². The van der Waals surface area contributed by atoms with Gasteiger partial charge in [-0.2, -0.15) is 10.4 Å². The zero-order valence-corrected chi connectivity index (χ0v) is 10.6. The minimum absolute atomic E-state index is 0.271. The maximum absolute atomic E-state index is 13.3. The van der Waals surface area contributed by atoms with Crippen molar-refractivity contribution in [3.05, 3.63) is 52.1 Å². The van der Waals surface area contributed by atoms with Crippen LogP contribution in [-0.4, -0.2) is 16.1 Å². The first kappa shape index (κ1) is 13.0. The van der Waals surface area contributed by atoms with E-state index in [1.165, 1.54) is 12.1 Å². The Morgan fingerprint density at radius 2 is 2.16 bits per heavy atom. The topological polar surface area (TPSA) is 58.7 Å². The molecule has 0 saturated heterocycles. The Morgan fingerprint density at radius 3 is 2.74 bits per heavy atom. The lowest BCUT2D eigenvalue weighted by Crippen LogP contribution is -2.05. The van der Waals surface area contributed by atoms with Gasteiger partial charge in [0.15, 0.2) is 6.29 Å². The Morgan fingerprint density at radius 1 is 1.42 bits per heavy atom. The fourth-order valence-electron chi connectivity index (χ4n) is 2.01. The van der Waals surface area contributed by atoms with Crippen molar-refractivity contribution in [1.82, 2.24) is 9.78 Å². The molecule has 0 aliphatic carbocycles. The van der Waals surface area contributed by atoms with Gasteiger partial charge in [-0.1, -0.05) is 0 Å². The number of aryl methyl sites for hydroxylation is 1. The SMILES string of the molecule is Cc1nn(Cc2cc(F)cc(C#N)c2)c(C)c1C=O. The van der Waals surface area contributed by atoms with Gasteiger partial charge in [-0.3, -0.25) is 9.48 Å². The number of hydrogen-bond donors (Lipinski definition) is 0. The van der Waals surface area contributed by atoms with Gasteiger partial charge >= 0.3 is 0 Å². The molecule has 96 valence electrons. The zero-order chi connectivity index (χ0) is 14.0. The summed E-state index contributed by atoms with van der Waals surface area (Å²) in [6.45, 7) is 3.86.